The number of benzene rings is 1. The summed E-state index contributed by atoms with van der Waals surface area (Å²) in [7, 11) is 0. The molecule has 0 radical (unpaired) electrons. The molecule has 21 heavy (non-hydrogen) atoms. The van der Waals surface area contributed by atoms with Crippen molar-refractivity contribution in [2.24, 2.45) is 5.10 Å². The number of carbonyl (C=O) groups is 1. The fourth-order valence-electron chi connectivity index (χ4n) is 1.60. The Labute approximate surface area is 127 Å². The van der Waals surface area contributed by atoms with Gasteiger partial charge >= 0.3 is 0 Å². The number of ether oxygens (including phenoxy) is 1. The Kier molecular flexibility index (Phi) is 5.29. The van der Waals surface area contributed by atoms with Gasteiger partial charge in [0, 0.05) is 18.0 Å². The van der Waals surface area contributed by atoms with Crippen LogP contribution in [0.3, 0.4) is 0 Å². The fourth-order valence-corrected chi connectivity index (χ4v) is 1.85. The second kappa shape index (κ2) is 7.40. The average Bonchev–Trinajstić information content (AvgIpc) is 2.51. The molecule has 0 saturated heterocycles. The van der Waals surface area contributed by atoms with Crippen LogP contribution in [0.5, 0.6) is 5.75 Å². The molecule has 1 N–H and O–H groups in total. The van der Waals surface area contributed by atoms with Crippen LogP contribution in [-0.2, 0) is 0 Å². The molecule has 2 aromatic rings. The summed E-state index contributed by atoms with van der Waals surface area (Å²) in [6, 6.07) is 8.50. The number of hydrogen-bond donors (Lipinski definition) is 1. The second-order valence-corrected chi connectivity index (χ2v) is 4.47. The van der Waals surface area contributed by atoms with Gasteiger partial charge in [0.25, 0.3) is 5.91 Å². The minimum atomic E-state index is -0.300. The number of hydrogen-bond acceptors (Lipinski definition) is 4. The summed E-state index contributed by atoms with van der Waals surface area (Å²) in [5.41, 5.74) is 3.69. The van der Waals surface area contributed by atoms with Crippen LogP contribution in [0.4, 0.5) is 0 Å². The van der Waals surface area contributed by atoms with E-state index in [9.17, 15) is 4.79 Å². The first-order valence-electron chi connectivity index (χ1n) is 6.36. The molecular formula is C15H14ClN3O2. The van der Waals surface area contributed by atoms with Crippen LogP contribution >= 0.6 is 11.6 Å². The zero-order valence-corrected chi connectivity index (χ0v) is 12.2. The third-order valence-electron chi connectivity index (χ3n) is 2.58. The van der Waals surface area contributed by atoms with Gasteiger partial charge in [0.1, 0.15) is 5.75 Å². The largest absolute Gasteiger partial charge is 0.492 e. The molecule has 2 rings (SSSR count). The van der Waals surface area contributed by atoms with Crippen molar-refractivity contribution in [3.8, 4) is 5.75 Å². The van der Waals surface area contributed by atoms with Gasteiger partial charge in [0.15, 0.2) is 0 Å². The van der Waals surface area contributed by atoms with E-state index in [1.54, 1.807) is 42.7 Å². The molecule has 1 amide bonds. The van der Waals surface area contributed by atoms with Crippen LogP contribution in [0.15, 0.2) is 47.8 Å². The first-order chi connectivity index (χ1) is 10.2. The van der Waals surface area contributed by atoms with Crippen molar-refractivity contribution in [1.82, 2.24) is 10.4 Å². The lowest BCUT2D eigenvalue weighted by Crippen LogP contribution is -2.17. The molecule has 1 aromatic heterocycles. The normalized spacial score (nSPS) is 10.6. The van der Waals surface area contributed by atoms with Crippen LogP contribution in [0.2, 0.25) is 5.02 Å². The van der Waals surface area contributed by atoms with E-state index in [1.807, 2.05) is 6.92 Å². The van der Waals surface area contributed by atoms with Gasteiger partial charge in [0.2, 0.25) is 0 Å². The number of amides is 1. The van der Waals surface area contributed by atoms with Gasteiger partial charge in [0.05, 0.1) is 17.8 Å². The van der Waals surface area contributed by atoms with Gasteiger partial charge in [-0.3, -0.25) is 9.78 Å². The molecule has 0 unspecified atom stereocenters. The van der Waals surface area contributed by atoms with Gasteiger partial charge in [-0.05, 0) is 42.8 Å². The highest BCUT2D eigenvalue weighted by molar-refractivity contribution is 6.32. The Morgan fingerprint density at radius 3 is 2.81 bits per heavy atom. The average molecular weight is 304 g/mol. The molecular weight excluding hydrogens is 290 g/mol. The van der Waals surface area contributed by atoms with Crippen molar-refractivity contribution >= 4 is 23.7 Å². The summed E-state index contributed by atoms with van der Waals surface area (Å²) in [6.07, 6.45) is 4.61. The lowest BCUT2D eigenvalue weighted by molar-refractivity contribution is 0.0955. The number of aromatic nitrogens is 1. The molecule has 0 aliphatic rings. The van der Waals surface area contributed by atoms with E-state index in [4.69, 9.17) is 16.3 Å². The highest BCUT2D eigenvalue weighted by Gasteiger charge is 2.03. The van der Waals surface area contributed by atoms with Crippen molar-refractivity contribution in [2.45, 2.75) is 6.92 Å². The Bertz CT molecular complexity index is 645. The number of carbonyl (C=O) groups excluding carboxylic acids is 1. The quantitative estimate of drug-likeness (QED) is 0.682. The summed E-state index contributed by atoms with van der Waals surface area (Å²) < 4.78 is 5.34. The van der Waals surface area contributed by atoms with Crippen LogP contribution in [0, 0.1) is 0 Å². The van der Waals surface area contributed by atoms with Gasteiger partial charge in [-0.25, -0.2) is 5.43 Å². The molecule has 6 heteroatoms. The maximum atomic E-state index is 11.7. The Morgan fingerprint density at radius 2 is 2.14 bits per heavy atom. The summed E-state index contributed by atoms with van der Waals surface area (Å²) in [6.45, 7) is 2.44. The van der Waals surface area contributed by atoms with Crippen LogP contribution in [-0.4, -0.2) is 23.7 Å². The second-order valence-electron chi connectivity index (χ2n) is 4.06. The minimum Gasteiger partial charge on any atom is -0.492 e. The number of pyridine rings is 1. The summed E-state index contributed by atoms with van der Waals surface area (Å²) in [5, 5.41) is 4.39. The molecule has 0 atom stereocenters. The number of halogens is 1. The van der Waals surface area contributed by atoms with Crippen molar-refractivity contribution < 1.29 is 9.53 Å². The Morgan fingerprint density at radius 1 is 1.38 bits per heavy atom. The lowest BCUT2D eigenvalue weighted by Gasteiger charge is -2.05. The van der Waals surface area contributed by atoms with E-state index in [0.717, 1.165) is 5.56 Å². The topological polar surface area (TPSA) is 63.6 Å². The van der Waals surface area contributed by atoms with Gasteiger partial charge < -0.3 is 4.74 Å². The molecule has 0 spiro atoms. The molecule has 0 bridgehead atoms. The minimum absolute atomic E-state index is 0.300. The van der Waals surface area contributed by atoms with Crippen molar-refractivity contribution in [1.29, 1.82) is 0 Å². The first-order valence-corrected chi connectivity index (χ1v) is 6.74. The Hall–Kier alpha value is -2.40. The molecule has 0 aliphatic carbocycles. The van der Waals surface area contributed by atoms with E-state index < -0.39 is 0 Å². The third-order valence-corrected chi connectivity index (χ3v) is 2.87. The van der Waals surface area contributed by atoms with Crippen molar-refractivity contribution in [2.75, 3.05) is 6.61 Å². The van der Waals surface area contributed by atoms with E-state index in [0.29, 0.717) is 22.9 Å². The standard InChI is InChI=1S/C15H14ClN3O2/c1-2-21-14-4-3-11(9-13(14)16)10-18-19-15(20)12-5-7-17-8-6-12/h3-10H,2H2,1H3,(H,19,20)/b18-10+. The molecule has 108 valence electrons. The summed E-state index contributed by atoms with van der Waals surface area (Å²) in [5.74, 6) is 0.322. The molecule has 5 nitrogen and oxygen atoms in total. The molecule has 0 saturated carbocycles. The predicted octanol–water partition coefficient (Wildman–Crippen LogP) is 2.90. The smallest absolute Gasteiger partial charge is 0.271 e. The van der Waals surface area contributed by atoms with Gasteiger partial charge in [-0.2, -0.15) is 5.10 Å². The van der Waals surface area contributed by atoms with Gasteiger partial charge in [-0.1, -0.05) is 11.6 Å². The van der Waals surface area contributed by atoms with Crippen molar-refractivity contribution in [3.05, 3.63) is 58.9 Å². The third kappa shape index (κ3) is 4.29. The zero-order valence-electron chi connectivity index (χ0n) is 11.4. The number of nitrogens with zero attached hydrogens (tertiary/aromatic N) is 2. The summed E-state index contributed by atoms with van der Waals surface area (Å²) in [4.78, 5) is 15.6. The van der Waals surface area contributed by atoms with Crippen molar-refractivity contribution in [3.63, 3.8) is 0 Å². The maximum absolute atomic E-state index is 11.7. The number of hydrazone groups is 1. The van der Waals surface area contributed by atoms with Gasteiger partial charge in [-0.15, -0.1) is 0 Å². The Balaban J connectivity index is 1.98. The molecule has 0 aliphatic heterocycles. The highest BCUT2D eigenvalue weighted by Crippen LogP contribution is 2.24. The highest BCUT2D eigenvalue weighted by atomic mass is 35.5. The zero-order chi connectivity index (χ0) is 15.1. The van der Waals surface area contributed by atoms with E-state index >= 15 is 0 Å². The summed E-state index contributed by atoms with van der Waals surface area (Å²) >= 11 is 6.06. The first kappa shape index (κ1) is 15.0. The monoisotopic (exact) mass is 303 g/mol. The molecule has 0 fully saturated rings. The number of rotatable bonds is 5. The van der Waals surface area contributed by atoms with E-state index in [2.05, 4.69) is 15.5 Å². The SMILES string of the molecule is CCOc1ccc(/C=N/NC(=O)c2ccncc2)cc1Cl. The fraction of sp³-hybridized carbons (Fsp3) is 0.133. The predicted molar refractivity (Wildman–Crippen MR) is 81.9 cm³/mol. The van der Waals surface area contributed by atoms with E-state index in [1.165, 1.54) is 6.21 Å². The number of nitrogens with one attached hydrogen (secondary N) is 1. The molecule has 1 heterocycles. The lowest BCUT2D eigenvalue weighted by atomic mass is 10.2. The molecule has 1 aromatic carbocycles. The maximum Gasteiger partial charge on any atom is 0.271 e. The van der Waals surface area contributed by atoms with Crippen LogP contribution in [0.25, 0.3) is 0 Å². The van der Waals surface area contributed by atoms with E-state index in [-0.39, 0.29) is 5.91 Å². The van der Waals surface area contributed by atoms with Crippen LogP contribution in [0.1, 0.15) is 22.8 Å². The van der Waals surface area contributed by atoms with Crippen LogP contribution < -0.4 is 10.2 Å².